The molecule has 0 spiro atoms. The van der Waals surface area contributed by atoms with Crippen LogP contribution in [0.5, 0.6) is 0 Å². The molecule has 1 aliphatic rings. The number of carbonyl (C=O) groups excluding carboxylic acids is 1. The Hall–Kier alpha value is -1.18. The molecule has 1 N–H and O–H groups in total. The lowest BCUT2D eigenvalue weighted by Crippen LogP contribution is -2.47. The number of hydrogen-bond acceptors (Lipinski definition) is 3. The first kappa shape index (κ1) is 18.2. The highest BCUT2D eigenvalue weighted by Crippen LogP contribution is 2.23. The van der Waals surface area contributed by atoms with Gasteiger partial charge in [0.25, 0.3) is 5.91 Å². The Morgan fingerprint density at radius 2 is 2.04 bits per heavy atom. The van der Waals surface area contributed by atoms with E-state index in [1.807, 2.05) is 0 Å². The summed E-state index contributed by atoms with van der Waals surface area (Å²) in [5, 5.41) is 0.0840. The summed E-state index contributed by atoms with van der Waals surface area (Å²) < 4.78 is 40.0. The number of carbonyl (C=O) groups is 1. The standard InChI is InChI=1S/C15H20ClFN2O3S/c1-2-10-23(21,22)18-11-6-8-19(9-7-11)15(20)14-12(16)4-3-5-13(14)17/h3-5,11,18H,2,6-10H2,1H3. The normalized spacial score (nSPS) is 16.6. The number of halogens is 2. The highest BCUT2D eigenvalue weighted by atomic mass is 35.5. The summed E-state index contributed by atoms with van der Waals surface area (Å²) in [7, 11) is -3.27. The molecule has 8 heteroatoms. The minimum atomic E-state index is -3.27. The number of hydrogen-bond donors (Lipinski definition) is 1. The van der Waals surface area contributed by atoms with Gasteiger partial charge in [0, 0.05) is 19.1 Å². The fourth-order valence-corrected chi connectivity index (χ4v) is 4.28. The molecule has 1 amide bonds. The summed E-state index contributed by atoms with van der Waals surface area (Å²) in [6, 6.07) is 3.93. The van der Waals surface area contributed by atoms with E-state index >= 15 is 0 Å². The number of sulfonamides is 1. The molecule has 1 aromatic rings. The van der Waals surface area contributed by atoms with Gasteiger partial charge in [-0.2, -0.15) is 0 Å². The number of piperidine rings is 1. The van der Waals surface area contributed by atoms with Gasteiger partial charge >= 0.3 is 0 Å². The Morgan fingerprint density at radius 3 is 2.61 bits per heavy atom. The maximum Gasteiger partial charge on any atom is 0.258 e. The molecule has 1 aromatic carbocycles. The van der Waals surface area contributed by atoms with Crippen molar-refractivity contribution in [2.24, 2.45) is 0 Å². The Balaban J connectivity index is 1.98. The lowest BCUT2D eigenvalue weighted by Gasteiger charge is -2.32. The van der Waals surface area contributed by atoms with Crippen LogP contribution in [0.3, 0.4) is 0 Å². The van der Waals surface area contributed by atoms with Gasteiger partial charge in [0.1, 0.15) is 5.82 Å². The summed E-state index contributed by atoms with van der Waals surface area (Å²) in [4.78, 5) is 13.9. The molecule has 1 fully saturated rings. The maximum atomic E-state index is 13.8. The smallest absolute Gasteiger partial charge is 0.258 e. The van der Waals surface area contributed by atoms with Crippen LogP contribution in [0.15, 0.2) is 18.2 Å². The Kier molecular flexibility index (Phi) is 6.00. The first-order valence-corrected chi connectivity index (χ1v) is 9.60. The molecular weight excluding hydrogens is 343 g/mol. The van der Waals surface area contributed by atoms with E-state index in [-0.39, 0.29) is 22.4 Å². The number of rotatable bonds is 5. The van der Waals surface area contributed by atoms with Crippen LogP contribution in [0.1, 0.15) is 36.5 Å². The van der Waals surface area contributed by atoms with Crippen LogP contribution >= 0.6 is 11.6 Å². The molecule has 0 aliphatic carbocycles. The molecule has 0 bridgehead atoms. The topological polar surface area (TPSA) is 66.5 Å². The van der Waals surface area contributed by atoms with E-state index in [1.54, 1.807) is 6.92 Å². The fraction of sp³-hybridized carbons (Fsp3) is 0.533. The van der Waals surface area contributed by atoms with Gasteiger partial charge in [-0.3, -0.25) is 4.79 Å². The molecule has 0 saturated carbocycles. The number of nitrogens with zero attached hydrogens (tertiary/aromatic N) is 1. The number of amides is 1. The van der Waals surface area contributed by atoms with Crippen LogP contribution in [-0.4, -0.2) is 44.1 Å². The van der Waals surface area contributed by atoms with Gasteiger partial charge in [-0.05, 0) is 31.4 Å². The van der Waals surface area contributed by atoms with Crippen LogP contribution in [-0.2, 0) is 10.0 Å². The van der Waals surface area contributed by atoms with Crippen LogP contribution in [0, 0.1) is 5.82 Å². The van der Waals surface area contributed by atoms with Crippen molar-refractivity contribution in [3.8, 4) is 0 Å². The fourth-order valence-electron chi connectivity index (χ4n) is 2.64. The van der Waals surface area contributed by atoms with E-state index in [2.05, 4.69) is 4.72 Å². The zero-order chi connectivity index (χ0) is 17.0. The average Bonchev–Trinajstić information content (AvgIpc) is 2.47. The van der Waals surface area contributed by atoms with Gasteiger partial charge in [0.05, 0.1) is 16.3 Å². The van der Waals surface area contributed by atoms with Gasteiger partial charge in [0.15, 0.2) is 0 Å². The van der Waals surface area contributed by atoms with E-state index in [9.17, 15) is 17.6 Å². The van der Waals surface area contributed by atoms with Crippen LogP contribution in [0.2, 0.25) is 5.02 Å². The van der Waals surface area contributed by atoms with Gasteiger partial charge in [0.2, 0.25) is 10.0 Å². The lowest BCUT2D eigenvalue weighted by molar-refractivity contribution is 0.0707. The van der Waals surface area contributed by atoms with Crippen LogP contribution in [0.25, 0.3) is 0 Å². The monoisotopic (exact) mass is 362 g/mol. The highest BCUT2D eigenvalue weighted by molar-refractivity contribution is 7.89. The molecule has 128 valence electrons. The summed E-state index contributed by atoms with van der Waals surface area (Å²) in [6.45, 7) is 2.53. The van der Waals surface area contributed by atoms with Crippen molar-refractivity contribution in [2.75, 3.05) is 18.8 Å². The molecule has 1 heterocycles. The van der Waals surface area contributed by atoms with Crippen molar-refractivity contribution >= 4 is 27.5 Å². The van der Waals surface area contributed by atoms with E-state index in [4.69, 9.17) is 11.6 Å². The Labute approximate surface area is 140 Å². The maximum absolute atomic E-state index is 13.8. The van der Waals surface area contributed by atoms with E-state index in [0.717, 1.165) is 0 Å². The SMILES string of the molecule is CCCS(=O)(=O)NC1CCN(C(=O)c2c(F)cccc2Cl)CC1. The van der Waals surface area contributed by atoms with Crippen molar-refractivity contribution < 1.29 is 17.6 Å². The number of likely N-dealkylation sites (tertiary alicyclic amines) is 1. The van der Waals surface area contributed by atoms with Crippen molar-refractivity contribution in [3.63, 3.8) is 0 Å². The zero-order valence-corrected chi connectivity index (χ0v) is 14.5. The summed E-state index contributed by atoms with van der Waals surface area (Å²) in [5.41, 5.74) is -0.126. The minimum absolute atomic E-state index is 0.0840. The molecular formula is C15H20ClFN2O3S. The molecule has 5 nitrogen and oxygen atoms in total. The molecule has 0 atom stereocenters. The van der Waals surface area contributed by atoms with Crippen LogP contribution < -0.4 is 4.72 Å². The van der Waals surface area contributed by atoms with E-state index < -0.39 is 21.7 Å². The second-order valence-electron chi connectivity index (χ2n) is 5.60. The predicted molar refractivity (Wildman–Crippen MR) is 87.5 cm³/mol. The number of nitrogens with one attached hydrogen (secondary N) is 1. The van der Waals surface area contributed by atoms with Gasteiger partial charge in [-0.1, -0.05) is 24.6 Å². The quantitative estimate of drug-likeness (QED) is 0.874. The molecule has 0 radical (unpaired) electrons. The molecule has 23 heavy (non-hydrogen) atoms. The minimum Gasteiger partial charge on any atom is -0.338 e. The van der Waals surface area contributed by atoms with E-state index in [0.29, 0.717) is 32.4 Å². The Bertz CT molecular complexity index is 653. The molecule has 0 unspecified atom stereocenters. The summed E-state index contributed by atoms with van der Waals surface area (Å²) in [6.07, 6.45) is 1.56. The van der Waals surface area contributed by atoms with Gasteiger partial charge in [-0.15, -0.1) is 0 Å². The van der Waals surface area contributed by atoms with Crippen molar-refractivity contribution in [1.29, 1.82) is 0 Å². The van der Waals surface area contributed by atoms with Crippen LogP contribution in [0.4, 0.5) is 4.39 Å². The first-order chi connectivity index (χ1) is 10.8. The zero-order valence-electron chi connectivity index (χ0n) is 12.9. The number of benzene rings is 1. The Morgan fingerprint density at radius 1 is 1.39 bits per heavy atom. The first-order valence-electron chi connectivity index (χ1n) is 7.57. The second kappa shape index (κ2) is 7.59. The van der Waals surface area contributed by atoms with E-state index in [1.165, 1.54) is 23.1 Å². The molecule has 2 rings (SSSR count). The van der Waals surface area contributed by atoms with Crippen molar-refractivity contribution in [2.45, 2.75) is 32.2 Å². The third kappa shape index (κ3) is 4.65. The molecule has 1 aliphatic heterocycles. The lowest BCUT2D eigenvalue weighted by atomic mass is 10.0. The van der Waals surface area contributed by atoms with Gasteiger partial charge in [-0.25, -0.2) is 17.5 Å². The third-order valence-corrected chi connectivity index (χ3v) is 5.73. The second-order valence-corrected chi connectivity index (χ2v) is 7.88. The molecule has 0 aromatic heterocycles. The third-order valence-electron chi connectivity index (χ3n) is 3.78. The largest absolute Gasteiger partial charge is 0.338 e. The molecule has 1 saturated heterocycles. The average molecular weight is 363 g/mol. The summed E-state index contributed by atoms with van der Waals surface area (Å²) >= 11 is 5.92. The van der Waals surface area contributed by atoms with Gasteiger partial charge < -0.3 is 4.90 Å². The predicted octanol–water partition coefficient (Wildman–Crippen LogP) is 2.41. The van der Waals surface area contributed by atoms with Crippen molar-refractivity contribution in [1.82, 2.24) is 9.62 Å². The van der Waals surface area contributed by atoms with Crippen molar-refractivity contribution in [3.05, 3.63) is 34.6 Å². The highest BCUT2D eigenvalue weighted by Gasteiger charge is 2.28. The summed E-state index contributed by atoms with van der Waals surface area (Å²) in [5.74, 6) is -1.01.